The quantitative estimate of drug-likeness (QED) is 0.615. The van der Waals surface area contributed by atoms with Crippen LogP contribution in [-0.2, 0) is 0 Å². The van der Waals surface area contributed by atoms with E-state index in [1.54, 1.807) is 12.4 Å². The first-order chi connectivity index (χ1) is 14.4. The second kappa shape index (κ2) is 8.57. The average molecular weight is 429 g/mol. The van der Waals surface area contributed by atoms with Crippen LogP contribution < -0.4 is 11.1 Å². The van der Waals surface area contributed by atoms with Gasteiger partial charge in [0.1, 0.15) is 22.3 Å². The van der Waals surface area contributed by atoms with Crippen molar-refractivity contribution >= 4 is 22.9 Å². The van der Waals surface area contributed by atoms with Crippen molar-refractivity contribution in [1.29, 1.82) is 0 Å². The molecule has 3 atom stereocenters. The average Bonchev–Trinajstić information content (AvgIpc) is 3.17. The van der Waals surface area contributed by atoms with Gasteiger partial charge in [0.15, 0.2) is 0 Å². The number of benzene rings is 1. The zero-order valence-corrected chi connectivity index (χ0v) is 17.3. The summed E-state index contributed by atoms with van der Waals surface area (Å²) in [6, 6.07) is 5.66. The summed E-state index contributed by atoms with van der Waals surface area (Å²) in [7, 11) is 0. The van der Waals surface area contributed by atoms with Crippen molar-refractivity contribution in [2.24, 2.45) is 11.7 Å². The maximum absolute atomic E-state index is 14.0. The van der Waals surface area contributed by atoms with E-state index in [9.17, 15) is 13.6 Å². The van der Waals surface area contributed by atoms with Gasteiger partial charge in [-0.2, -0.15) is 0 Å². The molecule has 156 valence electrons. The molecule has 3 aromatic rings. The summed E-state index contributed by atoms with van der Waals surface area (Å²) >= 11 is 1.02. The molecule has 1 fully saturated rings. The molecule has 1 saturated carbocycles. The second-order valence-corrected chi connectivity index (χ2v) is 8.68. The van der Waals surface area contributed by atoms with E-state index in [1.165, 1.54) is 11.4 Å². The maximum Gasteiger partial charge on any atom is 0.275 e. The molecule has 2 heterocycles. The summed E-state index contributed by atoms with van der Waals surface area (Å²) in [4.78, 5) is 21.1. The fraction of sp³-hybridized carbons (Fsp3) is 0.318. The van der Waals surface area contributed by atoms with Crippen LogP contribution in [-0.4, -0.2) is 21.9 Å². The molecule has 0 aliphatic heterocycles. The van der Waals surface area contributed by atoms with Gasteiger partial charge in [-0.1, -0.05) is 13.0 Å². The van der Waals surface area contributed by atoms with Crippen LogP contribution in [0.4, 0.5) is 14.5 Å². The number of anilines is 1. The van der Waals surface area contributed by atoms with Crippen molar-refractivity contribution in [3.63, 3.8) is 0 Å². The number of nitrogens with two attached hydrogens (primary N) is 1. The number of aromatic nitrogens is 2. The van der Waals surface area contributed by atoms with Gasteiger partial charge in [-0.25, -0.2) is 13.8 Å². The van der Waals surface area contributed by atoms with E-state index < -0.39 is 17.5 Å². The van der Waals surface area contributed by atoms with E-state index in [0.717, 1.165) is 48.3 Å². The number of halogens is 2. The lowest BCUT2D eigenvalue weighted by Crippen LogP contribution is -2.31. The molecule has 3 N–H and O–H groups in total. The number of nitrogens with one attached hydrogen (secondary N) is 1. The maximum atomic E-state index is 14.0. The predicted octanol–water partition coefficient (Wildman–Crippen LogP) is 4.97. The highest BCUT2D eigenvalue weighted by atomic mass is 32.1. The van der Waals surface area contributed by atoms with Crippen LogP contribution in [0.5, 0.6) is 0 Å². The fourth-order valence-corrected chi connectivity index (χ4v) is 5.00. The fourth-order valence-electron chi connectivity index (χ4n) is 4.16. The number of hydrogen-bond donors (Lipinski definition) is 2. The Balaban J connectivity index is 1.57. The highest BCUT2D eigenvalue weighted by Crippen LogP contribution is 2.38. The molecule has 0 radical (unpaired) electrons. The first kappa shape index (κ1) is 20.6. The summed E-state index contributed by atoms with van der Waals surface area (Å²) in [5.41, 5.74) is 7.68. The summed E-state index contributed by atoms with van der Waals surface area (Å²) < 4.78 is 28.0. The normalized spacial score (nSPS) is 21.4. The Morgan fingerprint density at radius 2 is 1.97 bits per heavy atom. The topological polar surface area (TPSA) is 80.9 Å². The van der Waals surface area contributed by atoms with Crippen LogP contribution in [0.2, 0.25) is 0 Å². The summed E-state index contributed by atoms with van der Waals surface area (Å²) in [5.74, 6) is -1.13. The molecule has 1 aromatic carbocycles. The lowest BCUT2D eigenvalue weighted by molar-refractivity contribution is 0.102. The number of rotatable bonds is 4. The van der Waals surface area contributed by atoms with E-state index in [2.05, 4.69) is 22.2 Å². The van der Waals surface area contributed by atoms with Crippen molar-refractivity contribution < 1.29 is 13.6 Å². The van der Waals surface area contributed by atoms with Crippen LogP contribution in [0.1, 0.15) is 48.2 Å². The molecular weight excluding hydrogens is 406 g/mol. The third-order valence-electron chi connectivity index (χ3n) is 5.44. The van der Waals surface area contributed by atoms with Crippen LogP contribution in [0.3, 0.4) is 0 Å². The summed E-state index contributed by atoms with van der Waals surface area (Å²) in [6.45, 7) is 2.18. The molecular formula is C22H22F2N4OS. The van der Waals surface area contributed by atoms with Crippen LogP contribution in [0.25, 0.3) is 10.6 Å². The Kier molecular flexibility index (Phi) is 5.87. The monoisotopic (exact) mass is 428 g/mol. The Hall–Kier alpha value is -2.71. The third-order valence-corrected chi connectivity index (χ3v) is 6.30. The molecule has 0 unspecified atom stereocenters. The highest BCUT2D eigenvalue weighted by molar-refractivity contribution is 7.13. The van der Waals surface area contributed by atoms with Gasteiger partial charge in [-0.05, 0) is 54.9 Å². The van der Waals surface area contributed by atoms with E-state index in [4.69, 9.17) is 5.73 Å². The van der Waals surface area contributed by atoms with Gasteiger partial charge in [0.25, 0.3) is 5.91 Å². The van der Waals surface area contributed by atoms with Crippen LogP contribution in [0, 0.1) is 17.6 Å². The van der Waals surface area contributed by atoms with E-state index >= 15 is 0 Å². The van der Waals surface area contributed by atoms with Crippen molar-refractivity contribution in [1.82, 2.24) is 9.97 Å². The lowest BCUT2D eigenvalue weighted by Gasteiger charge is -2.32. The van der Waals surface area contributed by atoms with Gasteiger partial charge >= 0.3 is 0 Å². The Morgan fingerprint density at radius 1 is 1.20 bits per heavy atom. The van der Waals surface area contributed by atoms with Crippen LogP contribution >= 0.6 is 11.3 Å². The number of hydrogen-bond acceptors (Lipinski definition) is 5. The molecule has 1 aliphatic rings. The molecule has 8 heteroatoms. The van der Waals surface area contributed by atoms with Crippen molar-refractivity contribution in [2.45, 2.75) is 38.1 Å². The van der Waals surface area contributed by atoms with E-state index in [1.807, 2.05) is 6.07 Å². The Labute approximate surface area is 177 Å². The van der Waals surface area contributed by atoms with Gasteiger partial charge in [0.05, 0.1) is 17.4 Å². The number of pyridine rings is 1. The molecule has 1 amide bonds. The molecule has 0 saturated heterocycles. The van der Waals surface area contributed by atoms with Crippen molar-refractivity contribution in [3.05, 3.63) is 64.9 Å². The molecule has 5 nitrogen and oxygen atoms in total. The molecule has 30 heavy (non-hydrogen) atoms. The minimum atomic E-state index is -0.714. The van der Waals surface area contributed by atoms with Gasteiger partial charge in [0, 0.05) is 17.6 Å². The van der Waals surface area contributed by atoms with Gasteiger partial charge in [0.2, 0.25) is 0 Å². The number of carbonyl (C=O) groups is 1. The third kappa shape index (κ3) is 4.24. The lowest BCUT2D eigenvalue weighted by atomic mass is 9.76. The summed E-state index contributed by atoms with van der Waals surface area (Å²) in [6.07, 6.45) is 6.16. The number of thiazole rings is 1. The number of nitrogens with zero attached hydrogens (tertiary/aromatic N) is 2. The zero-order chi connectivity index (χ0) is 21.3. The Bertz CT molecular complexity index is 1040. The second-order valence-electron chi connectivity index (χ2n) is 7.82. The molecule has 4 rings (SSSR count). The van der Waals surface area contributed by atoms with Gasteiger partial charge < -0.3 is 11.1 Å². The SMILES string of the molecule is C[C@H]1C[C@@H](N)C[C@@H](c2ccncc2NC(=O)c2csc(-c3c(F)cccc3F)n2)C1. The van der Waals surface area contributed by atoms with Gasteiger partial charge in [-0.15, -0.1) is 11.3 Å². The largest absolute Gasteiger partial charge is 0.328 e. The van der Waals surface area contributed by atoms with Crippen molar-refractivity contribution in [3.8, 4) is 10.6 Å². The first-order valence-corrected chi connectivity index (χ1v) is 10.7. The molecule has 2 aromatic heterocycles. The van der Waals surface area contributed by atoms with E-state index in [0.29, 0.717) is 11.6 Å². The van der Waals surface area contributed by atoms with Gasteiger partial charge in [-0.3, -0.25) is 9.78 Å². The van der Waals surface area contributed by atoms with Crippen molar-refractivity contribution in [2.75, 3.05) is 5.32 Å². The standard InChI is InChI=1S/C22H22F2N4OS/c1-12-7-13(9-14(25)8-12)15-5-6-26-10-18(15)27-21(29)19-11-30-22(28-19)20-16(23)3-2-4-17(20)24/h2-6,10-14H,7-9,25H2,1H3,(H,27,29)/t12-,13+,14-/m1/s1. The predicted molar refractivity (Wildman–Crippen MR) is 113 cm³/mol. The highest BCUT2D eigenvalue weighted by Gasteiger charge is 2.27. The summed E-state index contributed by atoms with van der Waals surface area (Å²) in [5, 5.41) is 4.47. The molecule has 0 bridgehead atoms. The van der Waals surface area contributed by atoms with E-state index in [-0.39, 0.29) is 28.2 Å². The zero-order valence-electron chi connectivity index (χ0n) is 16.4. The molecule has 0 spiro atoms. The number of carbonyl (C=O) groups excluding carboxylic acids is 1. The minimum absolute atomic E-state index is 0.0983. The smallest absolute Gasteiger partial charge is 0.275 e. The van der Waals surface area contributed by atoms with Crippen LogP contribution in [0.15, 0.2) is 42.0 Å². The minimum Gasteiger partial charge on any atom is -0.328 e. The molecule has 1 aliphatic carbocycles. The first-order valence-electron chi connectivity index (χ1n) is 9.83. The number of amides is 1. The Morgan fingerprint density at radius 3 is 2.70 bits per heavy atom.